The number of aliphatic hydroxyl groups is 1. The lowest BCUT2D eigenvalue weighted by Crippen LogP contribution is -2.39. The number of carbonyl (C=O) groups is 2. The highest BCUT2D eigenvalue weighted by molar-refractivity contribution is 9.09. The number of hydrogen-bond acceptors (Lipinski definition) is 6. The summed E-state index contributed by atoms with van der Waals surface area (Å²) in [5.41, 5.74) is 0.622. The van der Waals surface area contributed by atoms with Crippen LogP contribution in [0.3, 0.4) is 0 Å². The first-order valence-electron chi connectivity index (χ1n) is 7.10. The molecular weight excluding hydrogens is 368 g/mol. The highest BCUT2D eigenvalue weighted by Crippen LogP contribution is 2.19. The van der Waals surface area contributed by atoms with E-state index in [1.54, 1.807) is 0 Å². The van der Waals surface area contributed by atoms with Gasteiger partial charge in [-0.1, -0.05) is 45.8 Å². The number of halogens is 1. The van der Waals surface area contributed by atoms with E-state index >= 15 is 0 Å². The van der Waals surface area contributed by atoms with Crippen molar-refractivity contribution in [2.75, 3.05) is 25.2 Å². The summed E-state index contributed by atoms with van der Waals surface area (Å²) >= 11 is 3.13. The van der Waals surface area contributed by atoms with Gasteiger partial charge in [-0.2, -0.15) is 0 Å². The van der Waals surface area contributed by atoms with Crippen LogP contribution in [0.1, 0.15) is 18.1 Å². The number of esters is 1. The number of alkyl halides is 1. The number of aryl methyl sites for hydroxylation is 1. The van der Waals surface area contributed by atoms with Crippen molar-refractivity contribution in [2.45, 2.75) is 20.5 Å². The summed E-state index contributed by atoms with van der Waals surface area (Å²) in [6.45, 7) is 2.84. The van der Waals surface area contributed by atoms with Crippen molar-refractivity contribution < 1.29 is 28.9 Å². The van der Waals surface area contributed by atoms with Crippen LogP contribution in [0.5, 0.6) is 0 Å². The molecule has 0 aromatic heterocycles. The first-order chi connectivity index (χ1) is 10.9. The Bertz CT molecular complexity index is 516. The molecule has 0 aliphatic rings. The predicted molar refractivity (Wildman–Crippen MR) is 87.3 cm³/mol. The van der Waals surface area contributed by atoms with Gasteiger partial charge in [0.2, 0.25) is 0 Å². The molecule has 0 heterocycles. The fraction of sp³-hybridized carbons (Fsp3) is 0.500. The van der Waals surface area contributed by atoms with E-state index in [1.807, 2.05) is 31.2 Å². The first-order valence-corrected chi connectivity index (χ1v) is 8.22. The topological polar surface area (TPSA) is 82.1 Å². The zero-order chi connectivity index (χ0) is 17.3. The van der Waals surface area contributed by atoms with Gasteiger partial charge >= 0.3 is 12.1 Å². The summed E-state index contributed by atoms with van der Waals surface area (Å²) in [6.07, 6.45) is -0.904. The van der Waals surface area contributed by atoms with Gasteiger partial charge in [0.05, 0.1) is 6.61 Å². The minimum absolute atomic E-state index is 0.0724. The molecule has 0 bridgehead atoms. The Hall–Kier alpha value is -1.60. The molecule has 0 aliphatic heterocycles. The highest BCUT2D eigenvalue weighted by Gasteiger charge is 2.36. The Morgan fingerprint density at radius 3 is 2.39 bits per heavy atom. The SMILES string of the molecule is Cc1ccc(COC(=O)OCC(C)(CO)C(=O)OCCBr)cc1. The number of benzene rings is 1. The highest BCUT2D eigenvalue weighted by atomic mass is 79.9. The summed E-state index contributed by atoms with van der Waals surface area (Å²) in [4.78, 5) is 23.4. The molecule has 0 saturated heterocycles. The monoisotopic (exact) mass is 388 g/mol. The van der Waals surface area contributed by atoms with E-state index < -0.39 is 24.1 Å². The van der Waals surface area contributed by atoms with Crippen LogP contribution in [0.25, 0.3) is 0 Å². The van der Waals surface area contributed by atoms with E-state index in [1.165, 1.54) is 6.92 Å². The zero-order valence-electron chi connectivity index (χ0n) is 13.2. The van der Waals surface area contributed by atoms with Gasteiger partial charge in [-0.15, -0.1) is 0 Å². The summed E-state index contributed by atoms with van der Waals surface area (Å²) in [7, 11) is 0. The molecule has 0 saturated carbocycles. The van der Waals surface area contributed by atoms with Gasteiger partial charge in [-0.05, 0) is 19.4 Å². The van der Waals surface area contributed by atoms with E-state index in [0.29, 0.717) is 5.33 Å². The normalized spacial score (nSPS) is 13.0. The fourth-order valence-electron chi connectivity index (χ4n) is 1.56. The molecule has 1 atom stereocenters. The van der Waals surface area contributed by atoms with Crippen LogP contribution >= 0.6 is 15.9 Å². The lowest BCUT2D eigenvalue weighted by atomic mass is 9.93. The standard InChI is InChI=1S/C16H21BrO6/c1-12-3-5-13(6-4-12)9-22-15(20)23-11-16(2,10-18)14(19)21-8-7-17/h3-6,18H,7-11H2,1-2H3. The molecule has 1 rings (SSSR count). The van der Waals surface area contributed by atoms with Crippen LogP contribution in [0.2, 0.25) is 0 Å². The van der Waals surface area contributed by atoms with E-state index in [4.69, 9.17) is 14.2 Å². The molecule has 1 N–H and O–H groups in total. The van der Waals surface area contributed by atoms with E-state index in [-0.39, 0.29) is 19.8 Å². The number of hydrogen-bond donors (Lipinski definition) is 1. The van der Waals surface area contributed by atoms with Crippen LogP contribution in [0.4, 0.5) is 4.79 Å². The molecule has 128 valence electrons. The van der Waals surface area contributed by atoms with Gasteiger partial charge in [-0.25, -0.2) is 4.79 Å². The summed E-state index contributed by atoms with van der Waals surface area (Å²) < 4.78 is 14.8. The Kier molecular flexibility index (Phi) is 8.05. The molecule has 0 aliphatic carbocycles. The minimum Gasteiger partial charge on any atom is -0.464 e. The molecule has 0 fully saturated rings. The summed E-state index contributed by atoms with van der Waals surface area (Å²) in [6, 6.07) is 7.51. The number of ether oxygens (including phenoxy) is 3. The molecule has 1 unspecified atom stereocenters. The Balaban J connectivity index is 2.43. The molecule has 1 aromatic carbocycles. The van der Waals surface area contributed by atoms with Crippen molar-refractivity contribution in [3.63, 3.8) is 0 Å². The summed E-state index contributed by atoms with van der Waals surface area (Å²) in [5.74, 6) is -0.634. The van der Waals surface area contributed by atoms with Crippen molar-refractivity contribution in [2.24, 2.45) is 5.41 Å². The van der Waals surface area contributed by atoms with E-state index in [0.717, 1.165) is 11.1 Å². The molecule has 0 amide bonds. The smallest absolute Gasteiger partial charge is 0.464 e. The van der Waals surface area contributed by atoms with Crippen LogP contribution < -0.4 is 0 Å². The average molecular weight is 389 g/mol. The minimum atomic E-state index is -1.31. The molecule has 1 aromatic rings. The lowest BCUT2D eigenvalue weighted by Gasteiger charge is -2.24. The third kappa shape index (κ3) is 6.58. The maximum atomic E-state index is 11.8. The molecule has 23 heavy (non-hydrogen) atoms. The van der Waals surface area contributed by atoms with Crippen molar-refractivity contribution >= 4 is 28.1 Å². The largest absolute Gasteiger partial charge is 0.508 e. The van der Waals surface area contributed by atoms with Gasteiger partial charge in [0, 0.05) is 5.33 Å². The maximum Gasteiger partial charge on any atom is 0.508 e. The van der Waals surface area contributed by atoms with Crippen LogP contribution in [-0.4, -0.2) is 42.4 Å². The molecule has 6 nitrogen and oxygen atoms in total. The first kappa shape index (κ1) is 19.4. The van der Waals surface area contributed by atoms with Gasteiger partial charge in [-0.3, -0.25) is 4.79 Å². The van der Waals surface area contributed by atoms with Crippen molar-refractivity contribution in [3.05, 3.63) is 35.4 Å². The van der Waals surface area contributed by atoms with Crippen molar-refractivity contribution in [3.8, 4) is 0 Å². The predicted octanol–water partition coefficient (Wildman–Crippen LogP) is 2.58. The maximum absolute atomic E-state index is 11.8. The Labute approximate surface area is 143 Å². The number of rotatable bonds is 8. The Morgan fingerprint density at radius 1 is 1.17 bits per heavy atom. The number of carbonyl (C=O) groups excluding carboxylic acids is 2. The second-order valence-corrected chi connectivity index (χ2v) is 6.15. The Morgan fingerprint density at radius 2 is 1.83 bits per heavy atom. The molecule has 7 heteroatoms. The molecule has 0 radical (unpaired) electrons. The number of aliphatic hydroxyl groups excluding tert-OH is 1. The quantitative estimate of drug-likeness (QED) is 0.544. The van der Waals surface area contributed by atoms with Gasteiger partial charge in [0.25, 0.3) is 0 Å². The second-order valence-electron chi connectivity index (χ2n) is 5.36. The second kappa shape index (κ2) is 9.52. The fourth-order valence-corrected chi connectivity index (χ4v) is 1.72. The lowest BCUT2D eigenvalue weighted by molar-refractivity contribution is -0.159. The van der Waals surface area contributed by atoms with Gasteiger partial charge < -0.3 is 19.3 Å². The third-order valence-electron chi connectivity index (χ3n) is 3.14. The van der Waals surface area contributed by atoms with Gasteiger partial charge in [0.1, 0.15) is 25.2 Å². The molecule has 0 spiro atoms. The molecular formula is C16H21BrO6. The van der Waals surface area contributed by atoms with Crippen LogP contribution in [0, 0.1) is 12.3 Å². The van der Waals surface area contributed by atoms with E-state index in [9.17, 15) is 14.7 Å². The zero-order valence-corrected chi connectivity index (χ0v) is 14.8. The van der Waals surface area contributed by atoms with Crippen molar-refractivity contribution in [1.82, 2.24) is 0 Å². The van der Waals surface area contributed by atoms with E-state index in [2.05, 4.69) is 15.9 Å². The third-order valence-corrected chi connectivity index (χ3v) is 3.46. The van der Waals surface area contributed by atoms with Gasteiger partial charge in [0.15, 0.2) is 0 Å². The summed E-state index contributed by atoms with van der Waals surface area (Å²) in [5, 5.41) is 9.84. The average Bonchev–Trinajstić information content (AvgIpc) is 2.56. The van der Waals surface area contributed by atoms with Crippen LogP contribution in [0.15, 0.2) is 24.3 Å². The van der Waals surface area contributed by atoms with Crippen molar-refractivity contribution in [1.29, 1.82) is 0 Å². The van der Waals surface area contributed by atoms with Crippen LogP contribution in [-0.2, 0) is 25.6 Å².